The van der Waals surface area contributed by atoms with Crippen LogP contribution in [-0.2, 0) is 13.1 Å². The molecule has 0 aliphatic rings. The van der Waals surface area contributed by atoms with Crippen LogP contribution in [0.1, 0.15) is 21.7 Å². The Kier molecular flexibility index (Phi) is 5.26. The van der Waals surface area contributed by atoms with Crippen molar-refractivity contribution < 1.29 is 9.21 Å². The largest absolute Gasteiger partial charge is 0.467 e. The van der Waals surface area contributed by atoms with E-state index in [0.717, 1.165) is 11.1 Å². The summed E-state index contributed by atoms with van der Waals surface area (Å²) in [6, 6.07) is 20.9. The maximum absolute atomic E-state index is 12.8. The van der Waals surface area contributed by atoms with Gasteiger partial charge in [-0.3, -0.25) is 9.48 Å². The molecule has 0 saturated heterocycles. The quantitative estimate of drug-likeness (QED) is 0.514. The number of carbonyl (C=O) groups is 1. The predicted octanol–water partition coefficient (Wildman–Crippen LogP) is 4.77. The number of carbonyl (C=O) groups excluding carboxylic acids is 1. The molecular formula is C22H18ClN3O2. The molecule has 0 saturated carbocycles. The second-order valence-corrected chi connectivity index (χ2v) is 6.78. The number of benzene rings is 2. The van der Waals surface area contributed by atoms with E-state index in [9.17, 15) is 4.79 Å². The van der Waals surface area contributed by atoms with Gasteiger partial charge in [0.1, 0.15) is 11.5 Å². The van der Waals surface area contributed by atoms with Gasteiger partial charge in [0, 0.05) is 16.8 Å². The van der Waals surface area contributed by atoms with Crippen LogP contribution in [0.4, 0.5) is 0 Å². The molecule has 2 aromatic heterocycles. The molecular weight excluding hydrogens is 374 g/mol. The highest BCUT2D eigenvalue weighted by Gasteiger charge is 2.18. The van der Waals surface area contributed by atoms with Crippen LogP contribution in [0, 0.1) is 0 Å². The molecule has 0 spiro atoms. The molecule has 0 aliphatic heterocycles. The molecule has 4 aromatic rings. The van der Waals surface area contributed by atoms with E-state index in [1.54, 1.807) is 35.3 Å². The summed E-state index contributed by atoms with van der Waals surface area (Å²) in [6.07, 6.45) is 3.35. The van der Waals surface area contributed by atoms with Crippen LogP contribution < -0.4 is 5.32 Å². The van der Waals surface area contributed by atoms with Gasteiger partial charge >= 0.3 is 0 Å². The van der Waals surface area contributed by atoms with Crippen molar-refractivity contribution in [1.82, 2.24) is 15.1 Å². The molecule has 0 atom stereocenters. The molecule has 140 valence electrons. The van der Waals surface area contributed by atoms with Gasteiger partial charge in [-0.05, 0) is 29.8 Å². The van der Waals surface area contributed by atoms with Crippen LogP contribution in [0.15, 0.2) is 83.6 Å². The number of nitrogens with zero attached hydrogens (tertiary/aromatic N) is 2. The first-order valence-electron chi connectivity index (χ1n) is 8.87. The molecule has 1 amide bonds. The summed E-state index contributed by atoms with van der Waals surface area (Å²) in [5, 5.41) is 8.18. The van der Waals surface area contributed by atoms with Gasteiger partial charge in [-0.15, -0.1) is 0 Å². The average molecular weight is 392 g/mol. The van der Waals surface area contributed by atoms with Gasteiger partial charge in [0.2, 0.25) is 0 Å². The molecule has 0 aliphatic carbocycles. The van der Waals surface area contributed by atoms with E-state index >= 15 is 0 Å². The van der Waals surface area contributed by atoms with Crippen LogP contribution in [0.2, 0.25) is 5.02 Å². The van der Waals surface area contributed by atoms with E-state index in [-0.39, 0.29) is 5.91 Å². The third-order valence-electron chi connectivity index (χ3n) is 4.31. The van der Waals surface area contributed by atoms with Crippen molar-refractivity contribution in [2.75, 3.05) is 0 Å². The Balaban J connectivity index is 1.63. The highest BCUT2D eigenvalue weighted by Crippen LogP contribution is 2.24. The molecule has 6 heteroatoms. The van der Waals surface area contributed by atoms with E-state index in [0.29, 0.717) is 35.1 Å². The Morgan fingerprint density at radius 1 is 1.04 bits per heavy atom. The minimum Gasteiger partial charge on any atom is -0.467 e. The molecule has 0 unspecified atom stereocenters. The Hall–Kier alpha value is -3.31. The van der Waals surface area contributed by atoms with Gasteiger partial charge in [0.05, 0.1) is 24.9 Å². The Bertz CT molecular complexity index is 1060. The van der Waals surface area contributed by atoms with Crippen molar-refractivity contribution in [2.45, 2.75) is 13.1 Å². The zero-order valence-corrected chi connectivity index (χ0v) is 15.8. The number of halogens is 1. The van der Waals surface area contributed by atoms with Gasteiger partial charge in [0.25, 0.3) is 5.91 Å². The molecule has 0 fully saturated rings. The second-order valence-electron chi connectivity index (χ2n) is 6.34. The molecule has 28 heavy (non-hydrogen) atoms. The van der Waals surface area contributed by atoms with Crippen molar-refractivity contribution in [2.24, 2.45) is 0 Å². The topological polar surface area (TPSA) is 60.1 Å². The summed E-state index contributed by atoms with van der Waals surface area (Å²) in [7, 11) is 0. The number of hydrogen-bond donors (Lipinski definition) is 1. The summed E-state index contributed by atoms with van der Waals surface area (Å²) in [5.74, 6) is 0.485. The summed E-state index contributed by atoms with van der Waals surface area (Å²) in [4.78, 5) is 12.8. The maximum Gasteiger partial charge on any atom is 0.255 e. The maximum atomic E-state index is 12.8. The molecule has 1 N–H and O–H groups in total. The van der Waals surface area contributed by atoms with Gasteiger partial charge in [-0.2, -0.15) is 5.10 Å². The lowest BCUT2D eigenvalue weighted by molar-refractivity contribution is 0.0948. The number of amides is 1. The Morgan fingerprint density at radius 2 is 1.82 bits per heavy atom. The normalized spacial score (nSPS) is 10.8. The first-order chi connectivity index (χ1) is 13.7. The fraction of sp³-hybridized carbons (Fsp3) is 0.0909. The van der Waals surface area contributed by atoms with Crippen molar-refractivity contribution in [3.05, 3.63) is 101 Å². The van der Waals surface area contributed by atoms with Gasteiger partial charge in [-0.1, -0.05) is 54.1 Å². The average Bonchev–Trinajstić information content (AvgIpc) is 3.38. The summed E-state index contributed by atoms with van der Waals surface area (Å²) >= 11 is 6.01. The van der Waals surface area contributed by atoms with Crippen molar-refractivity contribution in [1.29, 1.82) is 0 Å². The third kappa shape index (κ3) is 4.15. The Labute approximate surface area is 167 Å². The van der Waals surface area contributed by atoms with E-state index in [1.807, 2.05) is 48.5 Å². The first-order valence-corrected chi connectivity index (χ1v) is 9.25. The van der Waals surface area contributed by atoms with Crippen molar-refractivity contribution in [3.8, 4) is 11.3 Å². The monoisotopic (exact) mass is 391 g/mol. The molecule has 4 rings (SSSR count). The number of furan rings is 1. The van der Waals surface area contributed by atoms with E-state index in [4.69, 9.17) is 16.0 Å². The standard InChI is InChI=1S/C22H18ClN3O2/c23-18-10-8-17(9-11-18)21-20(22(27)24-13-19-7-4-12-28-19)15-26(25-21)14-16-5-2-1-3-6-16/h1-12,15H,13-14H2,(H,24,27). The van der Waals surface area contributed by atoms with Crippen LogP contribution in [0.3, 0.4) is 0 Å². The van der Waals surface area contributed by atoms with E-state index in [1.165, 1.54) is 0 Å². The SMILES string of the molecule is O=C(NCc1ccco1)c1cn(Cc2ccccc2)nc1-c1ccc(Cl)cc1. The zero-order chi connectivity index (χ0) is 19.3. The summed E-state index contributed by atoms with van der Waals surface area (Å²) in [5.41, 5.74) is 3.06. The smallest absolute Gasteiger partial charge is 0.255 e. The second kappa shape index (κ2) is 8.15. The van der Waals surface area contributed by atoms with Crippen LogP contribution >= 0.6 is 11.6 Å². The lowest BCUT2D eigenvalue weighted by Crippen LogP contribution is -2.22. The predicted molar refractivity (Wildman–Crippen MR) is 108 cm³/mol. The molecule has 5 nitrogen and oxygen atoms in total. The molecule has 2 heterocycles. The summed E-state index contributed by atoms with van der Waals surface area (Å²) < 4.78 is 7.06. The fourth-order valence-electron chi connectivity index (χ4n) is 2.94. The number of nitrogens with one attached hydrogen (secondary N) is 1. The van der Waals surface area contributed by atoms with Gasteiger partial charge in [-0.25, -0.2) is 0 Å². The van der Waals surface area contributed by atoms with Crippen molar-refractivity contribution in [3.63, 3.8) is 0 Å². The number of rotatable bonds is 6. The van der Waals surface area contributed by atoms with Gasteiger partial charge < -0.3 is 9.73 Å². The zero-order valence-electron chi connectivity index (χ0n) is 15.0. The van der Waals surface area contributed by atoms with E-state index < -0.39 is 0 Å². The molecule has 0 radical (unpaired) electrons. The fourth-order valence-corrected chi connectivity index (χ4v) is 3.06. The third-order valence-corrected chi connectivity index (χ3v) is 4.57. The number of aromatic nitrogens is 2. The molecule has 2 aromatic carbocycles. The Morgan fingerprint density at radius 3 is 2.54 bits per heavy atom. The first kappa shape index (κ1) is 18.1. The highest BCUT2D eigenvalue weighted by molar-refractivity contribution is 6.30. The summed E-state index contributed by atoms with van der Waals surface area (Å²) in [6.45, 7) is 0.892. The number of hydrogen-bond acceptors (Lipinski definition) is 3. The lowest BCUT2D eigenvalue weighted by atomic mass is 10.1. The van der Waals surface area contributed by atoms with Gasteiger partial charge in [0.15, 0.2) is 0 Å². The minimum absolute atomic E-state index is 0.208. The minimum atomic E-state index is -0.208. The highest BCUT2D eigenvalue weighted by atomic mass is 35.5. The van der Waals surface area contributed by atoms with Crippen LogP contribution in [-0.4, -0.2) is 15.7 Å². The lowest BCUT2D eigenvalue weighted by Gasteiger charge is -2.04. The van der Waals surface area contributed by atoms with Crippen LogP contribution in [0.25, 0.3) is 11.3 Å². The van der Waals surface area contributed by atoms with E-state index in [2.05, 4.69) is 10.4 Å². The van der Waals surface area contributed by atoms with Crippen molar-refractivity contribution >= 4 is 17.5 Å². The molecule has 0 bridgehead atoms. The van der Waals surface area contributed by atoms with Crippen LogP contribution in [0.5, 0.6) is 0 Å².